The minimum atomic E-state index is -4.34. The lowest BCUT2D eigenvalue weighted by molar-refractivity contribution is -0.153. The van der Waals surface area contributed by atoms with Crippen LogP contribution in [0.15, 0.2) is 24.3 Å². The highest BCUT2D eigenvalue weighted by atomic mass is 32.2. The molecule has 0 spiro atoms. The van der Waals surface area contributed by atoms with E-state index >= 15 is 0 Å². The third-order valence-corrected chi connectivity index (χ3v) is 5.66. The van der Waals surface area contributed by atoms with E-state index < -0.39 is 12.8 Å². The van der Waals surface area contributed by atoms with E-state index in [4.69, 9.17) is 0 Å². The molecule has 22 heavy (non-hydrogen) atoms. The van der Waals surface area contributed by atoms with Crippen molar-refractivity contribution in [1.29, 1.82) is 0 Å². The standard InChI is InChI=1S/C14H16F3NO2S2/c15-14(16,17)9-20-11-3-1-10(2-4-11)7-18-13(19)12-8-21-5-6-22-12/h1-4,12H,5-9H2,(H,18,19). The summed E-state index contributed by atoms with van der Waals surface area (Å²) in [5.74, 6) is 3.05. The summed E-state index contributed by atoms with van der Waals surface area (Å²) in [6, 6.07) is 6.24. The summed E-state index contributed by atoms with van der Waals surface area (Å²) in [4.78, 5) is 12.0. The Labute approximate surface area is 135 Å². The van der Waals surface area contributed by atoms with Crippen LogP contribution in [0.25, 0.3) is 0 Å². The lowest BCUT2D eigenvalue weighted by Crippen LogP contribution is -2.35. The van der Waals surface area contributed by atoms with E-state index in [2.05, 4.69) is 10.1 Å². The zero-order chi connectivity index (χ0) is 16.0. The molecule has 0 saturated carbocycles. The Morgan fingerprint density at radius 1 is 1.27 bits per heavy atom. The van der Waals surface area contributed by atoms with Crippen molar-refractivity contribution in [3.63, 3.8) is 0 Å². The molecule has 1 aliphatic rings. The Kier molecular flexibility index (Phi) is 6.31. The zero-order valence-electron chi connectivity index (χ0n) is 11.7. The van der Waals surface area contributed by atoms with Crippen molar-refractivity contribution in [2.75, 3.05) is 23.9 Å². The fourth-order valence-corrected chi connectivity index (χ4v) is 4.39. The van der Waals surface area contributed by atoms with E-state index in [1.165, 1.54) is 12.1 Å². The molecule has 1 fully saturated rings. The number of hydrogen-bond acceptors (Lipinski definition) is 4. The van der Waals surface area contributed by atoms with Crippen molar-refractivity contribution in [2.45, 2.75) is 18.0 Å². The van der Waals surface area contributed by atoms with Gasteiger partial charge in [-0.3, -0.25) is 4.79 Å². The fraction of sp³-hybridized carbons (Fsp3) is 0.500. The van der Waals surface area contributed by atoms with Crippen LogP contribution in [0.3, 0.4) is 0 Å². The molecule has 1 saturated heterocycles. The van der Waals surface area contributed by atoms with Crippen molar-refractivity contribution in [3.05, 3.63) is 29.8 Å². The van der Waals surface area contributed by atoms with Crippen molar-refractivity contribution in [1.82, 2.24) is 5.32 Å². The van der Waals surface area contributed by atoms with Crippen LogP contribution in [0.2, 0.25) is 0 Å². The molecule has 0 radical (unpaired) electrons. The number of amides is 1. The molecule has 1 aromatic carbocycles. The lowest BCUT2D eigenvalue weighted by Gasteiger charge is -2.20. The van der Waals surface area contributed by atoms with Gasteiger partial charge < -0.3 is 10.1 Å². The van der Waals surface area contributed by atoms with Gasteiger partial charge in [-0.2, -0.15) is 24.9 Å². The predicted octanol–water partition coefficient (Wildman–Crippen LogP) is 3.09. The molecule has 0 aliphatic carbocycles. The minimum Gasteiger partial charge on any atom is -0.484 e. The number of alkyl halides is 3. The molecule has 1 aliphatic heterocycles. The zero-order valence-corrected chi connectivity index (χ0v) is 13.3. The summed E-state index contributed by atoms with van der Waals surface area (Å²) in [6.07, 6.45) is -4.34. The fourth-order valence-electron chi connectivity index (χ4n) is 1.81. The van der Waals surface area contributed by atoms with Crippen LogP contribution in [0.5, 0.6) is 5.75 Å². The molecule has 1 atom stereocenters. The molecule has 0 bridgehead atoms. The van der Waals surface area contributed by atoms with Crippen LogP contribution in [0.4, 0.5) is 13.2 Å². The molecule has 2 rings (SSSR count). The Balaban J connectivity index is 1.77. The average molecular weight is 351 g/mol. The third kappa shape index (κ3) is 6.00. The molecule has 3 nitrogen and oxygen atoms in total. The van der Waals surface area contributed by atoms with Gasteiger partial charge in [0.1, 0.15) is 5.75 Å². The number of carbonyl (C=O) groups excluding carboxylic acids is 1. The smallest absolute Gasteiger partial charge is 0.422 e. The maximum absolute atomic E-state index is 12.0. The largest absolute Gasteiger partial charge is 0.484 e. The van der Waals surface area contributed by atoms with Crippen molar-refractivity contribution >= 4 is 29.4 Å². The molecule has 1 amide bonds. The number of thioether (sulfide) groups is 2. The van der Waals surface area contributed by atoms with E-state index in [-0.39, 0.29) is 16.9 Å². The summed E-state index contributed by atoms with van der Waals surface area (Å²) in [6.45, 7) is -0.945. The summed E-state index contributed by atoms with van der Waals surface area (Å²) in [5.41, 5.74) is 0.821. The highest BCUT2D eigenvalue weighted by Gasteiger charge is 2.28. The first kappa shape index (κ1) is 17.3. The number of halogens is 3. The molecular weight excluding hydrogens is 335 g/mol. The second-order valence-electron chi connectivity index (χ2n) is 4.70. The number of rotatable bonds is 5. The van der Waals surface area contributed by atoms with Gasteiger partial charge in [-0.1, -0.05) is 12.1 Å². The number of hydrogen-bond donors (Lipinski definition) is 1. The Bertz CT molecular complexity index is 488. The van der Waals surface area contributed by atoms with Crippen molar-refractivity contribution in [2.24, 2.45) is 0 Å². The van der Waals surface area contributed by atoms with Gasteiger partial charge in [-0.05, 0) is 17.7 Å². The highest BCUT2D eigenvalue weighted by molar-refractivity contribution is 8.07. The Morgan fingerprint density at radius 3 is 2.59 bits per heavy atom. The van der Waals surface area contributed by atoms with Gasteiger partial charge in [0.25, 0.3) is 0 Å². The van der Waals surface area contributed by atoms with Crippen LogP contribution >= 0.6 is 23.5 Å². The molecule has 1 aromatic rings. The van der Waals surface area contributed by atoms with Gasteiger partial charge in [0, 0.05) is 23.8 Å². The highest BCUT2D eigenvalue weighted by Crippen LogP contribution is 2.24. The van der Waals surface area contributed by atoms with Gasteiger partial charge in [-0.25, -0.2) is 0 Å². The third-order valence-electron chi connectivity index (χ3n) is 2.90. The molecule has 1 N–H and O–H groups in total. The van der Waals surface area contributed by atoms with Gasteiger partial charge in [0.2, 0.25) is 5.91 Å². The van der Waals surface area contributed by atoms with E-state index in [9.17, 15) is 18.0 Å². The second-order valence-corrected chi connectivity index (χ2v) is 7.16. The lowest BCUT2D eigenvalue weighted by atomic mass is 10.2. The number of ether oxygens (including phenoxy) is 1. The van der Waals surface area contributed by atoms with Gasteiger partial charge in [-0.15, -0.1) is 11.8 Å². The van der Waals surface area contributed by atoms with Crippen LogP contribution in [0, 0.1) is 0 Å². The normalized spacial score (nSPS) is 18.8. The maximum atomic E-state index is 12.0. The van der Waals surface area contributed by atoms with E-state index in [1.807, 2.05) is 0 Å². The Morgan fingerprint density at radius 2 is 2.00 bits per heavy atom. The van der Waals surface area contributed by atoms with Crippen molar-refractivity contribution in [3.8, 4) is 5.75 Å². The first-order valence-electron chi connectivity index (χ1n) is 6.69. The monoisotopic (exact) mass is 351 g/mol. The van der Waals surface area contributed by atoms with Gasteiger partial charge >= 0.3 is 6.18 Å². The number of benzene rings is 1. The first-order valence-corrected chi connectivity index (χ1v) is 8.90. The predicted molar refractivity (Wildman–Crippen MR) is 83.4 cm³/mol. The molecule has 8 heteroatoms. The van der Waals surface area contributed by atoms with Crippen LogP contribution < -0.4 is 10.1 Å². The van der Waals surface area contributed by atoms with Crippen LogP contribution in [-0.4, -0.2) is 41.2 Å². The first-order chi connectivity index (χ1) is 10.4. The summed E-state index contributed by atoms with van der Waals surface area (Å²) < 4.78 is 40.7. The number of nitrogens with one attached hydrogen (secondary N) is 1. The summed E-state index contributed by atoms with van der Waals surface area (Å²) in [5, 5.41) is 2.83. The van der Waals surface area contributed by atoms with E-state index in [0.29, 0.717) is 6.54 Å². The second kappa shape index (κ2) is 8.01. The number of carbonyl (C=O) groups is 1. The maximum Gasteiger partial charge on any atom is 0.422 e. The van der Waals surface area contributed by atoms with Gasteiger partial charge in [0.05, 0.1) is 5.25 Å². The quantitative estimate of drug-likeness (QED) is 0.885. The van der Waals surface area contributed by atoms with E-state index in [1.54, 1.807) is 35.7 Å². The van der Waals surface area contributed by atoms with Crippen LogP contribution in [-0.2, 0) is 11.3 Å². The molecule has 0 aromatic heterocycles. The van der Waals surface area contributed by atoms with E-state index in [0.717, 1.165) is 22.8 Å². The molecule has 122 valence electrons. The Hall–Kier alpha value is -1.02. The minimum absolute atomic E-state index is 0.00889. The summed E-state index contributed by atoms with van der Waals surface area (Å²) >= 11 is 3.43. The summed E-state index contributed by atoms with van der Waals surface area (Å²) in [7, 11) is 0. The van der Waals surface area contributed by atoms with Crippen LogP contribution in [0.1, 0.15) is 5.56 Å². The van der Waals surface area contributed by atoms with Crippen molar-refractivity contribution < 1.29 is 22.7 Å². The molecular formula is C14H16F3NO2S2. The SMILES string of the molecule is O=C(NCc1ccc(OCC(F)(F)F)cc1)C1CSCCS1. The topological polar surface area (TPSA) is 38.3 Å². The average Bonchev–Trinajstić information content (AvgIpc) is 2.52. The molecule has 1 heterocycles. The molecule has 1 unspecified atom stereocenters. The van der Waals surface area contributed by atoms with Gasteiger partial charge in [0.15, 0.2) is 6.61 Å².